The molecule has 2 fully saturated rings. The van der Waals surface area contributed by atoms with Gasteiger partial charge in [0.1, 0.15) is 29.1 Å². The molecule has 3 heterocycles. The van der Waals surface area contributed by atoms with Crippen LogP contribution in [0.15, 0.2) is 53.5 Å². The number of carbonyl (C=O) groups is 1. The molecule has 0 N–H and O–H groups in total. The molecule has 2 aromatic carbocycles. The average Bonchev–Trinajstić information content (AvgIpc) is 3.00. The van der Waals surface area contributed by atoms with Gasteiger partial charge in [0.05, 0.1) is 5.69 Å². The lowest BCUT2D eigenvalue weighted by molar-refractivity contribution is 0.111. The Morgan fingerprint density at radius 2 is 2.02 bits per heavy atom. The van der Waals surface area contributed by atoms with Gasteiger partial charge in [0.15, 0.2) is 12.1 Å². The van der Waals surface area contributed by atoms with E-state index in [9.17, 15) is 9.18 Å². The molecule has 0 bridgehead atoms. The second kappa shape index (κ2) is 12.8. The number of aldehydes is 1. The quantitative estimate of drug-likeness (QED) is 0.199. The lowest BCUT2D eigenvalue weighted by Crippen LogP contribution is -2.54. The summed E-state index contributed by atoms with van der Waals surface area (Å²) < 4.78 is 21.4. The number of benzene rings is 2. The molecule has 6 rings (SSSR count). The summed E-state index contributed by atoms with van der Waals surface area (Å²) in [7, 11) is 0. The van der Waals surface area contributed by atoms with Crippen molar-refractivity contribution in [2.24, 2.45) is 10.9 Å². The Labute approximate surface area is 254 Å². The van der Waals surface area contributed by atoms with Gasteiger partial charge in [-0.3, -0.25) is 14.7 Å². The van der Waals surface area contributed by atoms with Gasteiger partial charge in [-0.25, -0.2) is 9.37 Å². The summed E-state index contributed by atoms with van der Waals surface area (Å²) in [6, 6.07) is 15.7. The first-order valence-corrected chi connectivity index (χ1v) is 15.6. The van der Waals surface area contributed by atoms with Crippen molar-refractivity contribution in [1.29, 1.82) is 0 Å². The highest BCUT2D eigenvalue weighted by Gasteiger charge is 2.31. The van der Waals surface area contributed by atoms with Crippen LogP contribution in [-0.4, -0.2) is 68.2 Å². The van der Waals surface area contributed by atoms with Crippen molar-refractivity contribution >= 4 is 30.2 Å². The minimum Gasteiger partial charge on any atom is -0.483 e. The number of nitrogens with zero attached hydrogens (tertiary/aromatic N) is 5. The monoisotopic (exact) mass is 583 g/mol. The maximum absolute atomic E-state index is 14.8. The van der Waals surface area contributed by atoms with E-state index in [-0.39, 0.29) is 11.9 Å². The molecular weight excluding hydrogens is 541 g/mol. The average molecular weight is 584 g/mol. The Morgan fingerprint density at radius 1 is 1.16 bits per heavy atom. The van der Waals surface area contributed by atoms with Crippen LogP contribution in [0.25, 0.3) is 0 Å². The normalized spacial score (nSPS) is 20.6. The van der Waals surface area contributed by atoms with Gasteiger partial charge in [0.25, 0.3) is 0 Å². The molecule has 8 heteroatoms. The number of para-hydroxylation sites is 1. The molecule has 226 valence electrons. The largest absolute Gasteiger partial charge is 0.483 e. The molecular formula is C35H42FN5O2. The van der Waals surface area contributed by atoms with Crippen molar-refractivity contribution in [1.82, 2.24) is 9.88 Å². The molecule has 3 aliphatic rings. The van der Waals surface area contributed by atoms with Gasteiger partial charge in [-0.1, -0.05) is 30.7 Å². The number of pyridine rings is 1. The molecule has 0 amide bonds. The Kier molecular flexibility index (Phi) is 8.75. The van der Waals surface area contributed by atoms with E-state index >= 15 is 0 Å². The molecule has 7 nitrogen and oxygen atoms in total. The number of rotatable bonds is 10. The van der Waals surface area contributed by atoms with Crippen LogP contribution < -0.4 is 14.5 Å². The fraction of sp³-hybridized carbons (Fsp3) is 0.457. The van der Waals surface area contributed by atoms with Crippen molar-refractivity contribution in [2.75, 3.05) is 49.1 Å². The van der Waals surface area contributed by atoms with Crippen molar-refractivity contribution in [2.45, 2.75) is 58.1 Å². The lowest BCUT2D eigenvalue weighted by atomic mass is 9.85. The lowest BCUT2D eigenvalue weighted by Gasteiger charge is -2.43. The number of aliphatic imine (C=N–C) groups is 1. The Hall–Kier alpha value is -3.78. The third-order valence-corrected chi connectivity index (χ3v) is 9.45. The topological polar surface area (TPSA) is 61.3 Å². The Bertz CT molecular complexity index is 1470. The van der Waals surface area contributed by atoms with E-state index in [1.165, 1.54) is 24.8 Å². The summed E-state index contributed by atoms with van der Waals surface area (Å²) in [6.45, 7) is 13.3. The number of piperazine rings is 1. The van der Waals surface area contributed by atoms with Crippen LogP contribution in [0.2, 0.25) is 0 Å². The Morgan fingerprint density at radius 3 is 2.74 bits per heavy atom. The van der Waals surface area contributed by atoms with Crippen LogP contribution in [0.1, 0.15) is 65.9 Å². The zero-order valence-electron chi connectivity index (χ0n) is 25.3. The number of aromatic nitrogens is 1. The van der Waals surface area contributed by atoms with Crippen molar-refractivity contribution in [3.63, 3.8) is 0 Å². The molecule has 1 aliphatic carbocycles. The van der Waals surface area contributed by atoms with Gasteiger partial charge in [-0.05, 0) is 87.6 Å². The fourth-order valence-electron chi connectivity index (χ4n) is 6.70. The predicted molar refractivity (Wildman–Crippen MR) is 171 cm³/mol. The molecule has 0 spiro atoms. The van der Waals surface area contributed by atoms with Crippen molar-refractivity contribution in [3.8, 4) is 5.75 Å². The first-order chi connectivity index (χ1) is 20.9. The highest BCUT2D eigenvalue weighted by molar-refractivity contribution is 5.76. The minimum atomic E-state index is -0.282. The van der Waals surface area contributed by atoms with E-state index < -0.39 is 0 Å². The van der Waals surface area contributed by atoms with Gasteiger partial charge in [-0.2, -0.15) is 0 Å². The SMILES string of the molecule is C=Nc1ccc(C=O)nc1N(CCN1CCN(c2cccc3c2OC(c2ccc(C)cc2F)CC3)CC1C)CC1CCC1. The molecule has 1 aromatic heterocycles. The van der Waals surface area contributed by atoms with Crippen LogP contribution in [-0.2, 0) is 6.42 Å². The number of fused-ring (bicyclic) bond motifs is 1. The standard InChI is InChI=1S/C35H42FN5O2/c1-24-10-13-29(30(36)20-24)33-15-11-27-8-5-9-32(34(27)43-33)40-18-16-39(25(2)21-40)17-19-41(22-26-6-4-7-26)35-31(37-3)14-12-28(23-42)38-35/h5,8-10,12-14,20,23,25-26,33H,3-4,6-7,11,15-19,21-22H2,1-2H3. The summed E-state index contributed by atoms with van der Waals surface area (Å²) in [5.74, 6) is 2.11. The number of hydrogen-bond acceptors (Lipinski definition) is 7. The van der Waals surface area contributed by atoms with Gasteiger partial charge < -0.3 is 14.5 Å². The summed E-state index contributed by atoms with van der Waals surface area (Å²) in [5, 5.41) is 0. The molecule has 0 radical (unpaired) electrons. The summed E-state index contributed by atoms with van der Waals surface area (Å²) in [5.41, 5.74) is 4.99. The second-order valence-electron chi connectivity index (χ2n) is 12.4. The first-order valence-electron chi connectivity index (χ1n) is 15.6. The second-order valence-corrected chi connectivity index (χ2v) is 12.4. The van der Waals surface area contributed by atoms with Crippen LogP contribution in [0.4, 0.5) is 21.6 Å². The molecule has 1 saturated carbocycles. The third-order valence-electron chi connectivity index (χ3n) is 9.45. The Balaban J connectivity index is 1.14. The van der Waals surface area contributed by atoms with E-state index in [2.05, 4.69) is 56.5 Å². The van der Waals surface area contributed by atoms with Gasteiger partial charge in [0, 0.05) is 50.9 Å². The zero-order valence-corrected chi connectivity index (χ0v) is 25.3. The summed E-state index contributed by atoms with van der Waals surface area (Å²) >= 11 is 0. The molecule has 1 saturated heterocycles. The fourth-order valence-corrected chi connectivity index (χ4v) is 6.70. The van der Waals surface area contributed by atoms with Crippen LogP contribution in [0, 0.1) is 18.7 Å². The highest BCUT2D eigenvalue weighted by atomic mass is 19.1. The molecule has 2 aliphatic heterocycles. The van der Waals surface area contributed by atoms with Crippen LogP contribution >= 0.6 is 0 Å². The number of carbonyl (C=O) groups excluding carboxylic acids is 1. The number of anilines is 2. The van der Waals surface area contributed by atoms with Gasteiger partial charge in [0.2, 0.25) is 0 Å². The zero-order chi connectivity index (χ0) is 29.9. The number of ether oxygens (including phenoxy) is 1. The predicted octanol–water partition coefficient (Wildman–Crippen LogP) is 6.56. The third kappa shape index (κ3) is 6.30. The summed E-state index contributed by atoms with van der Waals surface area (Å²) in [4.78, 5) is 27.6. The molecule has 43 heavy (non-hydrogen) atoms. The first kappa shape index (κ1) is 29.3. The number of hydrogen-bond donors (Lipinski definition) is 0. The molecule has 3 aromatic rings. The number of aryl methyl sites for hydroxylation is 2. The van der Waals surface area contributed by atoms with Gasteiger partial charge in [-0.15, -0.1) is 0 Å². The molecule has 2 unspecified atom stereocenters. The van der Waals surface area contributed by atoms with Crippen molar-refractivity contribution in [3.05, 3.63) is 76.7 Å². The van der Waals surface area contributed by atoms with E-state index in [1.54, 1.807) is 12.1 Å². The highest BCUT2D eigenvalue weighted by Crippen LogP contribution is 2.42. The van der Waals surface area contributed by atoms with Crippen LogP contribution in [0.3, 0.4) is 0 Å². The van der Waals surface area contributed by atoms with E-state index in [0.717, 1.165) is 86.9 Å². The van der Waals surface area contributed by atoms with E-state index in [0.29, 0.717) is 23.2 Å². The van der Waals surface area contributed by atoms with E-state index in [1.807, 2.05) is 25.1 Å². The van der Waals surface area contributed by atoms with E-state index in [4.69, 9.17) is 4.74 Å². The minimum absolute atomic E-state index is 0.191. The summed E-state index contributed by atoms with van der Waals surface area (Å²) in [6.07, 6.45) is 5.90. The number of halogens is 1. The van der Waals surface area contributed by atoms with Crippen LogP contribution in [0.5, 0.6) is 5.75 Å². The van der Waals surface area contributed by atoms with Gasteiger partial charge >= 0.3 is 0 Å². The smallest absolute Gasteiger partial charge is 0.168 e. The van der Waals surface area contributed by atoms with Crippen molar-refractivity contribution < 1.29 is 13.9 Å². The maximum atomic E-state index is 14.8. The molecule has 2 atom stereocenters. The maximum Gasteiger partial charge on any atom is 0.168 e.